The number of para-hydroxylation sites is 1. The first-order valence-corrected chi connectivity index (χ1v) is 8.07. The van der Waals surface area contributed by atoms with E-state index in [-0.39, 0.29) is 13.2 Å². The van der Waals surface area contributed by atoms with E-state index in [2.05, 4.69) is 26.4 Å². The third-order valence-corrected chi connectivity index (χ3v) is 3.81. The SMILES string of the molecule is O=c1n(CC(O)COc2ccc(Br)cc2)nnn1-c1ccccc1. The fraction of sp³-hybridized carbons (Fsp3) is 0.188. The molecule has 1 heterocycles. The Hall–Kier alpha value is -2.45. The summed E-state index contributed by atoms with van der Waals surface area (Å²) in [6.45, 7) is 0.0501. The maximum Gasteiger partial charge on any atom is 0.368 e. The van der Waals surface area contributed by atoms with Crippen LogP contribution in [0.4, 0.5) is 0 Å². The van der Waals surface area contributed by atoms with E-state index >= 15 is 0 Å². The van der Waals surface area contributed by atoms with Gasteiger partial charge < -0.3 is 9.84 Å². The Balaban J connectivity index is 1.63. The van der Waals surface area contributed by atoms with Gasteiger partial charge in [0.05, 0.1) is 12.2 Å². The standard InChI is InChI=1S/C16H15BrN4O3/c17-12-6-8-15(9-7-12)24-11-14(22)10-20-16(23)21(19-18-20)13-4-2-1-3-5-13/h1-9,14,22H,10-11H2. The van der Waals surface area contributed by atoms with Crippen molar-refractivity contribution in [1.29, 1.82) is 0 Å². The Morgan fingerprint density at radius 1 is 1.08 bits per heavy atom. The number of benzene rings is 2. The molecule has 1 atom stereocenters. The molecular formula is C16H15BrN4O3. The molecule has 0 fully saturated rings. The monoisotopic (exact) mass is 390 g/mol. The van der Waals surface area contributed by atoms with E-state index in [1.54, 1.807) is 24.3 Å². The number of tetrazole rings is 1. The van der Waals surface area contributed by atoms with E-state index in [4.69, 9.17) is 4.74 Å². The van der Waals surface area contributed by atoms with Crippen LogP contribution in [0.3, 0.4) is 0 Å². The highest BCUT2D eigenvalue weighted by atomic mass is 79.9. The Morgan fingerprint density at radius 3 is 2.50 bits per heavy atom. The molecule has 1 N–H and O–H groups in total. The third-order valence-electron chi connectivity index (χ3n) is 3.28. The Kier molecular flexibility index (Phi) is 5.07. The van der Waals surface area contributed by atoms with Crippen molar-refractivity contribution in [2.45, 2.75) is 12.6 Å². The summed E-state index contributed by atoms with van der Waals surface area (Å²) < 4.78 is 8.73. The molecule has 0 amide bonds. The number of ether oxygens (including phenoxy) is 1. The minimum absolute atomic E-state index is 0.00218. The number of aromatic nitrogens is 4. The zero-order valence-corrected chi connectivity index (χ0v) is 14.2. The van der Waals surface area contributed by atoms with Gasteiger partial charge in [-0.05, 0) is 46.8 Å². The van der Waals surface area contributed by atoms with Gasteiger partial charge in [0.1, 0.15) is 18.5 Å². The molecule has 7 nitrogen and oxygen atoms in total. The lowest BCUT2D eigenvalue weighted by atomic mass is 10.3. The lowest BCUT2D eigenvalue weighted by molar-refractivity contribution is 0.0878. The minimum Gasteiger partial charge on any atom is -0.491 e. The largest absolute Gasteiger partial charge is 0.491 e. The molecule has 0 saturated heterocycles. The van der Waals surface area contributed by atoms with Crippen LogP contribution in [0.25, 0.3) is 5.69 Å². The summed E-state index contributed by atoms with van der Waals surface area (Å²) in [6.07, 6.45) is -0.882. The molecule has 0 bridgehead atoms. The Bertz CT molecular complexity index is 846. The Labute approximate surface area is 146 Å². The highest BCUT2D eigenvalue weighted by Crippen LogP contribution is 2.16. The fourth-order valence-electron chi connectivity index (χ4n) is 2.10. The van der Waals surface area contributed by atoms with Gasteiger partial charge in [0, 0.05) is 4.47 Å². The van der Waals surface area contributed by atoms with Crippen LogP contribution >= 0.6 is 15.9 Å². The average molecular weight is 391 g/mol. The van der Waals surface area contributed by atoms with Crippen LogP contribution < -0.4 is 10.4 Å². The predicted octanol–water partition coefficient (Wildman–Crippen LogP) is 1.63. The van der Waals surface area contributed by atoms with Crippen molar-refractivity contribution >= 4 is 15.9 Å². The second-order valence-corrected chi connectivity index (χ2v) is 6.03. The molecule has 0 saturated carbocycles. The number of hydrogen-bond acceptors (Lipinski definition) is 5. The lowest BCUT2D eigenvalue weighted by Crippen LogP contribution is -2.31. The van der Waals surface area contributed by atoms with E-state index < -0.39 is 11.8 Å². The van der Waals surface area contributed by atoms with Crippen molar-refractivity contribution in [2.75, 3.05) is 6.61 Å². The maximum absolute atomic E-state index is 12.3. The summed E-state index contributed by atoms with van der Waals surface area (Å²) in [5.41, 5.74) is 0.207. The number of halogens is 1. The second-order valence-electron chi connectivity index (χ2n) is 5.11. The average Bonchev–Trinajstić information content (AvgIpc) is 2.96. The van der Waals surface area contributed by atoms with E-state index in [9.17, 15) is 9.90 Å². The molecule has 3 aromatic rings. The summed E-state index contributed by atoms with van der Waals surface area (Å²) in [7, 11) is 0. The van der Waals surface area contributed by atoms with Gasteiger partial charge in [-0.2, -0.15) is 9.36 Å². The molecule has 0 spiro atoms. The van der Waals surface area contributed by atoms with Gasteiger partial charge in [-0.25, -0.2) is 4.79 Å². The van der Waals surface area contributed by atoms with Gasteiger partial charge in [0.25, 0.3) is 0 Å². The number of hydrogen-bond donors (Lipinski definition) is 1. The van der Waals surface area contributed by atoms with Crippen LogP contribution in [0.15, 0.2) is 63.9 Å². The molecule has 8 heteroatoms. The number of aliphatic hydroxyl groups is 1. The maximum atomic E-state index is 12.3. The van der Waals surface area contributed by atoms with Crippen LogP contribution in [0.5, 0.6) is 5.75 Å². The topological polar surface area (TPSA) is 82.2 Å². The molecule has 0 aliphatic heterocycles. The molecule has 124 valence electrons. The van der Waals surface area contributed by atoms with E-state index in [0.717, 1.165) is 9.15 Å². The lowest BCUT2D eigenvalue weighted by Gasteiger charge is -2.11. The number of rotatable bonds is 6. The highest BCUT2D eigenvalue weighted by Gasteiger charge is 2.13. The molecule has 0 radical (unpaired) electrons. The summed E-state index contributed by atoms with van der Waals surface area (Å²) in [6, 6.07) is 16.2. The van der Waals surface area contributed by atoms with Gasteiger partial charge in [0.2, 0.25) is 0 Å². The van der Waals surface area contributed by atoms with Gasteiger partial charge in [-0.15, -0.1) is 0 Å². The van der Waals surface area contributed by atoms with E-state index in [1.165, 1.54) is 4.68 Å². The summed E-state index contributed by atoms with van der Waals surface area (Å²) >= 11 is 3.34. The van der Waals surface area contributed by atoms with Crippen LogP contribution in [-0.4, -0.2) is 37.6 Å². The first-order valence-electron chi connectivity index (χ1n) is 7.28. The summed E-state index contributed by atoms with van der Waals surface area (Å²) in [4.78, 5) is 12.3. The first-order chi connectivity index (χ1) is 11.6. The zero-order chi connectivity index (χ0) is 16.9. The molecule has 1 aromatic heterocycles. The van der Waals surface area contributed by atoms with Crippen molar-refractivity contribution in [1.82, 2.24) is 19.8 Å². The van der Waals surface area contributed by atoms with Crippen molar-refractivity contribution in [3.8, 4) is 11.4 Å². The quantitative estimate of drug-likeness (QED) is 0.691. The third kappa shape index (κ3) is 3.90. The van der Waals surface area contributed by atoms with Crippen molar-refractivity contribution in [2.24, 2.45) is 0 Å². The van der Waals surface area contributed by atoms with Crippen LogP contribution in [-0.2, 0) is 6.54 Å². The summed E-state index contributed by atoms with van der Waals surface area (Å²) in [5, 5.41) is 17.7. The number of nitrogens with zero attached hydrogens (tertiary/aromatic N) is 4. The zero-order valence-electron chi connectivity index (χ0n) is 12.6. The Morgan fingerprint density at radius 2 is 1.79 bits per heavy atom. The molecule has 3 rings (SSSR count). The fourth-order valence-corrected chi connectivity index (χ4v) is 2.36. The first kappa shape index (κ1) is 16.4. The molecule has 1 unspecified atom stereocenters. The van der Waals surface area contributed by atoms with Gasteiger partial charge >= 0.3 is 5.69 Å². The van der Waals surface area contributed by atoms with E-state index in [0.29, 0.717) is 11.4 Å². The predicted molar refractivity (Wildman–Crippen MR) is 91.3 cm³/mol. The van der Waals surface area contributed by atoms with E-state index in [1.807, 2.05) is 30.3 Å². The minimum atomic E-state index is -0.882. The van der Waals surface area contributed by atoms with Gasteiger partial charge in [0.15, 0.2) is 0 Å². The molecule has 24 heavy (non-hydrogen) atoms. The van der Waals surface area contributed by atoms with Crippen molar-refractivity contribution < 1.29 is 9.84 Å². The molecular weight excluding hydrogens is 376 g/mol. The smallest absolute Gasteiger partial charge is 0.368 e. The van der Waals surface area contributed by atoms with Crippen molar-refractivity contribution in [3.05, 3.63) is 69.6 Å². The van der Waals surface area contributed by atoms with Crippen LogP contribution in [0.2, 0.25) is 0 Å². The molecule has 2 aromatic carbocycles. The molecule has 0 aliphatic carbocycles. The van der Waals surface area contributed by atoms with Gasteiger partial charge in [-0.1, -0.05) is 34.1 Å². The second kappa shape index (κ2) is 7.41. The summed E-state index contributed by atoms with van der Waals surface area (Å²) in [5.74, 6) is 0.637. The highest BCUT2D eigenvalue weighted by molar-refractivity contribution is 9.10. The van der Waals surface area contributed by atoms with Crippen LogP contribution in [0.1, 0.15) is 0 Å². The molecule has 0 aliphatic rings. The van der Waals surface area contributed by atoms with Crippen molar-refractivity contribution in [3.63, 3.8) is 0 Å². The normalized spacial score (nSPS) is 12.1. The number of aliphatic hydroxyl groups excluding tert-OH is 1. The van der Waals surface area contributed by atoms with Gasteiger partial charge in [-0.3, -0.25) is 0 Å². The van der Waals surface area contributed by atoms with Crippen LogP contribution in [0, 0.1) is 0 Å².